The van der Waals surface area contributed by atoms with Gasteiger partial charge in [0.05, 0.1) is 0 Å². The predicted octanol–water partition coefficient (Wildman–Crippen LogP) is 0.914. The predicted molar refractivity (Wildman–Crippen MR) is 50.0 cm³/mol. The van der Waals surface area contributed by atoms with E-state index in [9.17, 15) is 26.6 Å². The van der Waals surface area contributed by atoms with Gasteiger partial charge in [0.1, 0.15) is 0 Å². The van der Waals surface area contributed by atoms with E-state index >= 15 is 0 Å². The molecule has 0 spiro atoms. The molecular formula is C8H11F4NO2S. The summed E-state index contributed by atoms with van der Waals surface area (Å²) in [5, 5.41) is 1.86. The van der Waals surface area contributed by atoms with Gasteiger partial charge in [-0.15, -0.1) is 0 Å². The molecule has 0 aromatic rings. The molecule has 0 saturated carbocycles. The third-order valence-corrected chi connectivity index (χ3v) is 3.68. The summed E-state index contributed by atoms with van der Waals surface area (Å²) in [5.74, 6) is -6.02. The fourth-order valence-corrected chi connectivity index (χ4v) is 2.62. The average Bonchev–Trinajstić information content (AvgIpc) is 2.21. The summed E-state index contributed by atoms with van der Waals surface area (Å²) in [6.07, 6.45) is -3.46. The maximum Gasteiger partial charge on any atom is 0.383 e. The molecule has 1 heterocycles. The van der Waals surface area contributed by atoms with Gasteiger partial charge in [0.25, 0.3) is 5.91 Å². The Morgan fingerprint density at radius 3 is 2.25 bits per heavy atom. The van der Waals surface area contributed by atoms with Crippen LogP contribution >= 0.6 is 0 Å². The Hall–Kier alpha value is -0.660. The van der Waals surface area contributed by atoms with Crippen LogP contribution in [0.25, 0.3) is 0 Å². The van der Waals surface area contributed by atoms with Crippen molar-refractivity contribution in [1.82, 2.24) is 5.32 Å². The van der Waals surface area contributed by atoms with Crippen LogP contribution in [0.2, 0.25) is 0 Å². The molecule has 1 aliphatic rings. The molecule has 94 valence electrons. The second kappa shape index (κ2) is 5.11. The van der Waals surface area contributed by atoms with Gasteiger partial charge in [-0.25, -0.2) is 8.78 Å². The highest BCUT2D eigenvalue weighted by Gasteiger charge is 2.49. The Kier molecular flexibility index (Phi) is 4.28. The molecule has 1 amide bonds. The second-order valence-electron chi connectivity index (χ2n) is 3.52. The molecule has 8 heteroatoms. The van der Waals surface area contributed by atoms with Crippen LogP contribution in [-0.2, 0) is 15.6 Å². The quantitative estimate of drug-likeness (QED) is 0.768. The van der Waals surface area contributed by atoms with Gasteiger partial charge < -0.3 is 5.32 Å². The smallest absolute Gasteiger partial charge is 0.348 e. The molecule has 0 bridgehead atoms. The molecule has 0 unspecified atom stereocenters. The fourth-order valence-electron chi connectivity index (χ4n) is 1.32. The minimum absolute atomic E-state index is 0.275. The second-order valence-corrected chi connectivity index (χ2v) is 5.22. The van der Waals surface area contributed by atoms with Crippen molar-refractivity contribution in [2.75, 3.05) is 11.5 Å². The molecule has 16 heavy (non-hydrogen) atoms. The van der Waals surface area contributed by atoms with Gasteiger partial charge in [-0.2, -0.15) is 8.78 Å². The maximum absolute atomic E-state index is 12.5. The van der Waals surface area contributed by atoms with Gasteiger partial charge in [0.2, 0.25) is 0 Å². The Morgan fingerprint density at radius 1 is 1.31 bits per heavy atom. The van der Waals surface area contributed by atoms with Crippen molar-refractivity contribution in [3.05, 3.63) is 0 Å². The van der Waals surface area contributed by atoms with Crippen molar-refractivity contribution in [2.24, 2.45) is 0 Å². The maximum atomic E-state index is 12.5. The van der Waals surface area contributed by atoms with Gasteiger partial charge in [0, 0.05) is 28.3 Å². The van der Waals surface area contributed by atoms with E-state index in [1.807, 2.05) is 5.32 Å². The molecule has 0 atom stereocenters. The number of rotatable bonds is 3. The zero-order valence-corrected chi connectivity index (χ0v) is 9.04. The largest absolute Gasteiger partial charge is 0.383 e. The number of carbonyl (C=O) groups excluding carboxylic acids is 1. The highest BCUT2D eigenvalue weighted by Crippen LogP contribution is 2.23. The van der Waals surface area contributed by atoms with E-state index in [4.69, 9.17) is 0 Å². The van der Waals surface area contributed by atoms with Crippen LogP contribution < -0.4 is 5.32 Å². The number of carbonyl (C=O) groups is 1. The van der Waals surface area contributed by atoms with Crippen molar-refractivity contribution in [3.8, 4) is 0 Å². The number of nitrogens with one attached hydrogen (secondary N) is 1. The normalized spacial score (nSPS) is 26.8. The highest BCUT2D eigenvalue weighted by atomic mass is 32.2. The average molecular weight is 261 g/mol. The van der Waals surface area contributed by atoms with Gasteiger partial charge in [-0.1, -0.05) is 0 Å². The molecule has 1 rings (SSSR count). The molecule has 3 nitrogen and oxygen atoms in total. The summed E-state index contributed by atoms with van der Waals surface area (Å²) < 4.78 is 59.7. The zero-order chi connectivity index (χ0) is 12.3. The summed E-state index contributed by atoms with van der Waals surface area (Å²) in [6, 6.07) is -0.588. The zero-order valence-electron chi connectivity index (χ0n) is 8.22. The summed E-state index contributed by atoms with van der Waals surface area (Å²) in [4.78, 5) is 10.8. The van der Waals surface area contributed by atoms with Crippen LogP contribution in [0, 0.1) is 0 Å². The molecule has 0 aromatic heterocycles. The van der Waals surface area contributed by atoms with E-state index in [0.29, 0.717) is 11.5 Å². The number of hydrogen-bond donors (Lipinski definition) is 1. The molecule has 0 aromatic carbocycles. The lowest BCUT2D eigenvalue weighted by Gasteiger charge is -2.24. The van der Waals surface area contributed by atoms with Crippen LogP contribution in [0.4, 0.5) is 17.6 Å². The van der Waals surface area contributed by atoms with Gasteiger partial charge in [-0.05, 0) is 12.8 Å². The van der Waals surface area contributed by atoms with Crippen molar-refractivity contribution in [1.29, 1.82) is 0 Å². The summed E-state index contributed by atoms with van der Waals surface area (Å²) >= 11 is 0. The lowest BCUT2D eigenvalue weighted by Crippen LogP contribution is -2.50. The number of halogens is 4. The van der Waals surface area contributed by atoms with E-state index in [2.05, 4.69) is 0 Å². The van der Waals surface area contributed by atoms with E-state index < -0.39 is 35.1 Å². The van der Waals surface area contributed by atoms with Crippen LogP contribution in [0.1, 0.15) is 12.8 Å². The van der Waals surface area contributed by atoms with Crippen molar-refractivity contribution >= 4 is 16.7 Å². The molecule has 1 N–H and O–H groups in total. The van der Waals surface area contributed by atoms with Gasteiger partial charge in [0.15, 0.2) is 0 Å². The van der Waals surface area contributed by atoms with Crippen molar-refractivity contribution in [3.63, 3.8) is 0 Å². The fraction of sp³-hybridized carbons (Fsp3) is 0.875. The summed E-state index contributed by atoms with van der Waals surface area (Å²) in [6.45, 7) is 0. The Morgan fingerprint density at radius 2 is 1.81 bits per heavy atom. The van der Waals surface area contributed by atoms with Crippen LogP contribution in [0.5, 0.6) is 0 Å². The number of alkyl halides is 4. The molecule has 0 radical (unpaired) electrons. The monoisotopic (exact) mass is 261 g/mol. The third kappa shape index (κ3) is 3.16. The lowest BCUT2D eigenvalue weighted by molar-refractivity contribution is -0.170. The summed E-state index contributed by atoms with van der Waals surface area (Å²) in [7, 11) is -0.993. The standard InChI is InChI=1S/C8H11F4NO2S/c9-6(10)8(11,12)7(14)13-5-1-3-16(15)4-2-5/h5-6H,1-4H2,(H,13,14). The Bertz CT molecular complexity index is 288. The lowest BCUT2D eigenvalue weighted by atomic mass is 10.1. The van der Waals surface area contributed by atoms with E-state index in [-0.39, 0.29) is 12.8 Å². The number of amides is 1. The first-order valence-electron chi connectivity index (χ1n) is 4.66. The Labute approximate surface area is 92.0 Å². The van der Waals surface area contributed by atoms with Crippen LogP contribution in [0.3, 0.4) is 0 Å². The van der Waals surface area contributed by atoms with E-state index in [1.54, 1.807) is 0 Å². The first-order valence-corrected chi connectivity index (χ1v) is 6.14. The third-order valence-electron chi connectivity index (χ3n) is 2.30. The molecular weight excluding hydrogens is 250 g/mol. The van der Waals surface area contributed by atoms with Crippen LogP contribution in [0.15, 0.2) is 0 Å². The molecule has 1 aliphatic heterocycles. The van der Waals surface area contributed by atoms with Gasteiger partial charge in [-0.3, -0.25) is 9.00 Å². The molecule has 1 saturated heterocycles. The highest BCUT2D eigenvalue weighted by molar-refractivity contribution is 7.85. The topological polar surface area (TPSA) is 46.2 Å². The van der Waals surface area contributed by atoms with Gasteiger partial charge >= 0.3 is 12.3 Å². The molecule has 1 fully saturated rings. The van der Waals surface area contributed by atoms with E-state index in [1.165, 1.54) is 0 Å². The number of hydrogen-bond acceptors (Lipinski definition) is 2. The van der Waals surface area contributed by atoms with Crippen LogP contribution in [-0.4, -0.2) is 40.0 Å². The van der Waals surface area contributed by atoms with Crippen molar-refractivity contribution in [2.45, 2.75) is 31.2 Å². The Balaban J connectivity index is 2.48. The minimum atomic E-state index is -4.66. The first-order chi connectivity index (χ1) is 7.34. The first kappa shape index (κ1) is 13.4. The van der Waals surface area contributed by atoms with Crippen molar-refractivity contribution < 1.29 is 26.6 Å². The minimum Gasteiger partial charge on any atom is -0.348 e. The SMILES string of the molecule is O=C(NC1CCS(=O)CC1)C(F)(F)C(F)F. The molecule has 0 aliphatic carbocycles. The van der Waals surface area contributed by atoms with E-state index in [0.717, 1.165) is 0 Å². The summed E-state index contributed by atoms with van der Waals surface area (Å²) in [5.41, 5.74) is 0.